The Bertz CT molecular complexity index is 35.2. The second-order valence-electron chi connectivity index (χ2n) is 2.28. The first kappa shape index (κ1) is 13.5. The van der Waals surface area contributed by atoms with Gasteiger partial charge in [-0.15, -0.1) is 0 Å². The zero-order valence-corrected chi connectivity index (χ0v) is 7.97. The Morgan fingerprint density at radius 1 is 1.00 bits per heavy atom. The first-order chi connectivity index (χ1) is 5.41. The monoisotopic (exact) mass is 161 g/mol. The van der Waals surface area contributed by atoms with Gasteiger partial charge in [-0.25, -0.2) is 0 Å². The molecule has 11 heavy (non-hydrogen) atoms. The Morgan fingerprint density at radius 3 is 1.27 bits per heavy atom. The van der Waals surface area contributed by atoms with E-state index in [2.05, 4.69) is 0 Å². The summed E-state index contributed by atoms with van der Waals surface area (Å²) in [5, 5.41) is 7.75. The third-order valence-electron chi connectivity index (χ3n) is 1.38. The van der Waals surface area contributed by atoms with Gasteiger partial charge in [-0.1, -0.05) is 46.0 Å². The van der Waals surface area contributed by atoms with Gasteiger partial charge in [0.2, 0.25) is 0 Å². The molecule has 70 valence electrons. The average Bonchev–Trinajstić information content (AvgIpc) is 2.65. The first-order valence-corrected chi connectivity index (χ1v) is 4.72. The molecular formula is C9H23NO. The molecule has 0 bridgehead atoms. The molecule has 0 saturated heterocycles. The number of nitrogens with two attached hydrogens (primary N) is 1. The van der Waals surface area contributed by atoms with Crippen molar-refractivity contribution in [3.63, 3.8) is 0 Å². The Labute approximate surface area is 70.8 Å². The van der Waals surface area contributed by atoms with Crippen LogP contribution in [0.1, 0.15) is 46.0 Å². The number of hydrogen-bond acceptors (Lipinski definition) is 2. The summed E-state index contributed by atoms with van der Waals surface area (Å²) in [6, 6.07) is 0. The fourth-order valence-corrected chi connectivity index (χ4v) is 0.884. The molecule has 1 aliphatic rings. The molecule has 2 nitrogen and oxygen atoms in total. The molecule has 0 atom stereocenters. The van der Waals surface area contributed by atoms with Crippen LogP contribution in [-0.4, -0.2) is 18.3 Å². The van der Waals surface area contributed by atoms with Crippen LogP contribution < -0.4 is 5.73 Å². The third-order valence-corrected chi connectivity index (χ3v) is 1.38. The van der Waals surface area contributed by atoms with Gasteiger partial charge in [0.15, 0.2) is 0 Å². The van der Waals surface area contributed by atoms with Gasteiger partial charge in [0.1, 0.15) is 0 Å². The molecule has 1 aliphatic carbocycles. The molecule has 3 N–H and O–H groups in total. The summed E-state index contributed by atoms with van der Waals surface area (Å²) in [7, 11) is 0. The molecule has 1 fully saturated rings. The Balaban J connectivity index is 0. The summed E-state index contributed by atoms with van der Waals surface area (Å²) in [6.45, 7) is 4.47. The minimum absolute atomic E-state index is 0.0972. The fraction of sp³-hybridized carbons (Fsp3) is 1.00. The van der Waals surface area contributed by atoms with Crippen LogP contribution in [0.5, 0.6) is 0 Å². The maximum atomic E-state index is 7.75. The van der Waals surface area contributed by atoms with Crippen LogP contribution in [0.25, 0.3) is 0 Å². The van der Waals surface area contributed by atoms with Crippen LogP contribution in [0.15, 0.2) is 0 Å². The molecular weight excluding hydrogens is 138 g/mol. The largest absolute Gasteiger partial charge is 0.395 e. The summed E-state index contributed by atoms with van der Waals surface area (Å²) in [6.07, 6.45) is 7.50. The predicted octanol–water partition coefficient (Wildman–Crippen LogP) is 1.91. The summed E-state index contributed by atoms with van der Waals surface area (Å²) < 4.78 is 0. The number of rotatable bonds is 1. The molecule has 0 radical (unpaired) electrons. The smallest absolute Gasteiger partial charge is 0.0553 e. The highest BCUT2D eigenvalue weighted by atomic mass is 16.3. The maximum absolute atomic E-state index is 7.75. The molecule has 0 unspecified atom stereocenters. The van der Waals surface area contributed by atoms with Crippen molar-refractivity contribution in [1.82, 2.24) is 0 Å². The number of hydrogen-bond donors (Lipinski definition) is 2. The van der Waals surface area contributed by atoms with Crippen LogP contribution in [0.4, 0.5) is 0 Å². The van der Waals surface area contributed by atoms with Crippen molar-refractivity contribution in [2.75, 3.05) is 13.2 Å². The molecule has 1 saturated carbocycles. The van der Waals surface area contributed by atoms with Crippen molar-refractivity contribution in [2.45, 2.75) is 46.0 Å². The van der Waals surface area contributed by atoms with Crippen molar-refractivity contribution >= 4 is 0 Å². The molecule has 0 aliphatic heterocycles. The van der Waals surface area contributed by atoms with E-state index in [-0.39, 0.29) is 6.61 Å². The van der Waals surface area contributed by atoms with Gasteiger partial charge >= 0.3 is 0 Å². The van der Waals surface area contributed by atoms with Gasteiger partial charge in [-0.3, -0.25) is 0 Å². The minimum Gasteiger partial charge on any atom is -0.395 e. The highest BCUT2D eigenvalue weighted by molar-refractivity contribution is 4.51. The average molecular weight is 161 g/mol. The quantitative estimate of drug-likeness (QED) is 0.617. The molecule has 0 heterocycles. The van der Waals surface area contributed by atoms with Gasteiger partial charge in [0.05, 0.1) is 6.61 Å². The summed E-state index contributed by atoms with van der Waals surface area (Å²) in [5.74, 6) is 0. The van der Waals surface area contributed by atoms with Gasteiger partial charge < -0.3 is 10.8 Å². The molecule has 1 rings (SSSR count). The van der Waals surface area contributed by atoms with E-state index in [1.807, 2.05) is 13.8 Å². The molecule has 0 spiro atoms. The Kier molecular flexibility index (Phi) is 20.2. The van der Waals surface area contributed by atoms with Crippen LogP contribution in [-0.2, 0) is 0 Å². The molecule has 0 aromatic rings. The van der Waals surface area contributed by atoms with Crippen molar-refractivity contribution in [1.29, 1.82) is 0 Å². The van der Waals surface area contributed by atoms with E-state index in [9.17, 15) is 0 Å². The number of aliphatic hydroxyl groups excluding tert-OH is 1. The standard InChI is InChI=1S/C5H10.C2H7NO.C2H6/c1-2-4-5-3-1;3-1-2-4;1-2/h1-5H2;4H,1-3H2;1-2H3. The van der Waals surface area contributed by atoms with E-state index in [1.54, 1.807) is 0 Å². The Hall–Kier alpha value is -0.0800. The molecule has 0 amide bonds. The van der Waals surface area contributed by atoms with Gasteiger partial charge in [-0.2, -0.15) is 0 Å². The SMILES string of the molecule is C1CCCC1.CC.NCCO. The zero-order chi connectivity index (χ0) is 8.95. The fourth-order valence-electron chi connectivity index (χ4n) is 0.884. The lowest BCUT2D eigenvalue weighted by Gasteiger charge is -1.71. The summed E-state index contributed by atoms with van der Waals surface area (Å²) >= 11 is 0. The van der Waals surface area contributed by atoms with E-state index in [4.69, 9.17) is 10.8 Å². The lowest BCUT2D eigenvalue weighted by molar-refractivity contribution is 0.306. The summed E-state index contributed by atoms with van der Waals surface area (Å²) in [5.41, 5.74) is 4.78. The van der Waals surface area contributed by atoms with Crippen LogP contribution in [0.2, 0.25) is 0 Å². The summed E-state index contributed by atoms with van der Waals surface area (Å²) in [4.78, 5) is 0. The maximum Gasteiger partial charge on any atom is 0.0553 e. The highest BCUT2D eigenvalue weighted by Crippen LogP contribution is 2.15. The second kappa shape index (κ2) is 16.5. The first-order valence-electron chi connectivity index (χ1n) is 4.72. The van der Waals surface area contributed by atoms with Crippen molar-refractivity contribution in [3.05, 3.63) is 0 Å². The van der Waals surface area contributed by atoms with Gasteiger partial charge in [0, 0.05) is 6.54 Å². The lowest BCUT2D eigenvalue weighted by Crippen LogP contribution is -2.02. The Morgan fingerprint density at radius 2 is 1.18 bits per heavy atom. The van der Waals surface area contributed by atoms with Crippen molar-refractivity contribution in [3.8, 4) is 0 Å². The highest BCUT2D eigenvalue weighted by Gasteiger charge is 1.95. The van der Waals surface area contributed by atoms with Crippen LogP contribution >= 0.6 is 0 Å². The normalized spacial score (nSPS) is 14.2. The molecule has 2 heteroatoms. The van der Waals surface area contributed by atoms with E-state index >= 15 is 0 Å². The van der Waals surface area contributed by atoms with Crippen LogP contribution in [0.3, 0.4) is 0 Å². The lowest BCUT2D eigenvalue weighted by atomic mass is 10.4. The third kappa shape index (κ3) is 17.8. The zero-order valence-electron chi connectivity index (χ0n) is 7.97. The molecule has 0 aromatic heterocycles. The van der Waals surface area contributed by atoms with E-state index < -0.39 is 0 Å². The molecule has 0 aromatic carbocycles. The second-order valence-corrected chi connectivity index (χ2v) is 2.28. The predicted molar refractivity (Wildman–Crippen MR) is 50.6 cm³/mol. The van der Waals surface area contributed by atoms with Crippen molar-refractivity contribution in [2.24, 2.45) is 5.73 Å². The van der Waals surface area contributed by atoms with E-state index in [0.29, 0.717) is 6.54 Å². The van der Waals surface area contributed by atoms with E-state index in [0.717, 1.165) is 0 Å². The van der Waals surface area contributed by atoms with Crippen LogP contribution in [0, 0.1) is 0 Å². The minimum atomic E-state index is 0.0972. The number of aliphatic hydroxyl groups is 1. The van der Waals surface area contributed by atoms with Crippen molar-refractivity contribution < 1.29 is 5.11 Å². The van der Waals surface area contributed by atoms with Gasteiger partial charge in [0.25, 0.3) is 0 Å². The topological polar surface area (TPSA) is 46.2 Å². The van der Waals surface area contributed by atoms with Gasteiger partial charge in [-0.05, 0) is 0 Å². The van der Waals surface area contributed by atoms with E-state index in [1.165, 1.54) is 32.1 Å².